The van der Waals surface area contributed by atoms with Crippen molar-refractivity contribution in [1.29, 1.82) is 0 Å². The van der Waals surface area contributed by atoms with Gasteiger partial charge in [-0.2, -0.15) is 0 Å². The van der Waals surface area contributed by atoms with Crippen LogP contribution in [-0.4, -0.2) is 31.4 Å². The van der Waals surface area contributed by atoms with Crippen LogP contribution in [-0.2, 0) is 11.2 Å². The van der Waals surface area contributed by atoms with Crippen molar-refractivity contribution >= 4 is 10.8 Å². The maximum atomic E-state index is 13.4. The largest absolute Gasteiger partial charge is 0.387 e. The minimum atomic E-state index is -0.604. The van der Waals surface area contributed by atoms with E-state index < -0.39 is 6.10 Å². The molecule has 0 aliphatic heterocycles. The van der Waals surface area contributed by atoms with Gasteiger partial charge in [-0.15, -0.1) is 0 Å². The lowest BCUT2D eigenvalue weighted by atomic mass is 10.0. The summed E-state index contributed by atoms with van der Waals surface area (Å²) in [5.41, 5.74) is 1.82. The zero-order valence-electron chi connectivity index (χ0n) is 15.6. The molecule has 0 aromatic heterocycles. The first kappa shape index (κ1) is 19.5. The molecule has 27 heavy (non-hydrogen) atoms. The van der Waals surface area contributed by atoms with E-state index in [1.165, 1.54) is 6.07 Å². The van der Waals surface area contributed by atoms with Crippen LogP contribution >= 0.6 is 0 Å². The lowest BCUT2D eigenvalue weighted by Crippen LogP contribution is -2.35. The molecule has 0 radical (unpaired) electrons. The molecule has 0 bridgehead atoms. The third kappa shape index (κ3) is 5.60. The summed E-state index contributed by atoms with van der Waals surface area (Å²) in [6.45, 7) is 1.04. The molecule has 3 nitrogen and oxygen atoms in total. The Balaban J connectivity index is 1.64. The zero-order valence-corrected chi connectivity index (χ0v) is 15.6. The van der Waals surface area contributed by atoms with Crippen molar-refractivity contribution in [2.45, 2.75) is 25.0 Å². The lowest BCUT2D eigenvalue weighted by Gasteiger charge is -2.21. The molecule has 0 fully saturated rings. The average molecular weight is 367 g/mol. The van der Waals surface area contributed by atoms with Crippen molar-refractivity contribution in [1.82, 2.24) is 5.32 Å². The molecule has 3 aromatic carbocycles. The fraction of sp³-hybridized carbons (Fsp3) is 0.304. The van der Waals surface area contributed by atoms with E-state index in [1.807, 2.05) is 42.5 Å². The molecular weight excluding hydrogens is 341 g/mol. The highest BCUT2D eigenvalue weighted by atomic mass is 19.1. The Morgan fingerprint density at radius 1 is 1.00 bits per heavy atom. The van der Waals surface area contributed by atoms with E-state index in [2.05, 4.69) is 11.4 Å². The van der Waals surface area contributed by atoms with Crippen LogP contribution in [0.1, 0.15) is 23.7 Å². The van der Waals surface area contributed by atoms with Crippen molar-refractivity contribution in [3.05, 3.63) is 83.7 Å². The summed E-state index contributed by atoms with van der Waals surface area (Å²) in [5, 5.41) is 16.3. The maximum absolute atomic E-state index is 13.4. The van der Waals surface area contributed by atoms with Crippen molar-refractivity contribution in [3.8, 4) is 0 Å². The van der Waals surface area contributed by atoms with E-state index in [9.17, 15) is 9.50 Å². The number of hydrogen-bond acceptors (Lipinski definition) is 3. The number of fused-ring (bicyclic) bond motifs is 1. The van der Waals surface area contributed by atoms with Crippen LogP contribution in [0.25, 0.3) is 10.8 Å². The first-order valence-corrected chi connectivity index (χ1v) is 9.29. The number of rotatable bonds is 9. The molecule has 0 saturated carbocycles. The van der Waals surface area contributed by atoms with Crippen LogP contribution in [0.4, 0.5) is 4.39 Å². The second kappa shape index (κ2) is 9.60. The number of halogens is 1. The van der Waals surface area contributed by atoms with Gasteiger partial charge in [-0.05, 0) is 52.9 Å². The molecule has 3 rings (SSSR count). The summed E-state index contributed by atoms with van der Waals surface area (Å²) in [6.07, 6.45) is 0.871. The number of aliphatic hydroxyl groups excluding tert-OH is 1. The second-order valence-corrected chi connectivity index (χ2v) is 6.84. The molecule has 2 atom stereocenters. The average Bonchev–Trinajstić information content (AvgIpc) is 2.69. The second-order valence-electron chi connectivity index (χ2n) is 6.84. The lowest BCUT2D eigenvalue weighted by molar-refractivity contribution is 0.156. The van der Waals surface area contributed by atoms with Gasteiger partial charge in [0.15, 0.2) is 0 Å². The third-order valence-electron chi connectivity index (χ3n) is 4.80. The van der Waals surface area contributed by atoms with Gasteiger partial charge in [0.05, 0.1) is 6.10 Å². The van der Waals surface area contributed by atoms with Gasteiger partial charge in [0.2, 0.25) is 0 Å². The predicted molar refractivity (Wildman–Crippen MR) is 107 cm³/mol. The van der Waals surface area contributed by atoms with E-state index in [0.29, 0.717) is 19.6 Å². The van der Waals surface area contributed by atoms with Crippen molar-refractivity contribution < 1.29 is 14.2 Å². The normalized spacial score (nSPS) is 13.6. The SMILES string of the molecule is COCC[C@@H](Cc1cccc(F)c1)NC[C@H](O)c1ccc2ccccc2c1. The van der Waals surface area contributed by atoms with Gasteiger partial charge in [0.25, 0.3) is 0 Å². The number of benzene rings is 3. The molecule has 0 spiro atoms. The summed E-state index contributed by atoms with van der Waals surface area (Å²) in [5.74, 6) is -0.228. The smallest absolute Gasteiger partial charge is 0.123 e. The minimum absolute atomic E-state index is 0.0989. The fourth-order valence-electron chi connectivity index (χ4n) is 3.30. The number of aliphatic hydroxyl groups is 1. The number of ether oxygens (including phenoxy) is 1. The minimum Gasteiger partial charge on any atom is -0.387 e. The number of methoxy groups -OCH3 is 1. The summed E-state index contributed by atoms with van der Waals surface area (Å²) in [4.78, 5) is 0. The molecule has 0 unspecified atom stereocenters. The molecule has 0 saturated heterocycles. The van der Waals surface area contributed by atoms with Crippen LogP contribution in [0.2, 0.25) is 0 Å². The molecule has 4 heteroatoms. The monoisotopic (exact) mass is 367 g/mol. The summed E-state index contributed by atoms with van der Waals surface area (Å²) in [7, 11) is 1.67. The fourth-order valence-corrected chi connectivity index (χ4v) is 3.30. The molecule has 0 heterocycles. The third-order valence-corrected chi connectivity index (χ3v) is 4.80. The van der Waals surface area contributed by atoms with Crippen LogP contribution in [0.15, 0.2) is 66.7 Å². The Labute approximate surface area is 159 Å². The maximum Gasteiger partial charge on any atom is 0.123 e. The zero-order chi connectivity index (χ0) is 19.1. The van der Waals surface area contributed by atoms with Gasteiger partial charge in [-0.3, -0.25) is 0 Å². The highest BCUT2D eigenvalue weighted by Gasteiger charge is 2.14. The van der Waals surface area contributed by atoms with Crippen LogP contribution in [0.5, 0.6) is 0 Å². The molecular formula is C23H26FNO2. The molecule has 0 aliphatic rings. The Morgan fingerprint density at radius 3 is 2.59 bits per heavy atom. The van der Waals surface area contributed by atoms with Crippen LogP contribution in [0, 0.1) is 5.82 Å². The highest BCUT2D eigenvalue weighted by Crippen LogP contribution is 2.20. The van der Waals surface area contributed by atoms with Crippen molar-refractivity contribution in [2.75, 3.05) is 20.3 Å². The number of nitrogens with one attached hydrogen (secondary N) is 1. The first-order chi connectivity index (χ1) is 13.2. The van der Waals surface area contributed by atoms with Gasteiger partial charge in [0.1, 0.15) is 5.82 Å². The Bertz CT molecular complexity index is 868. The van der Waals surface area contributed by atoms with Crippen LogP contribution < -0.4 is 5.32 Å². The van der Waals surface area contributed by atoms with Gasteiger partial charge in [-0.25, -0.2) is 4.39 Å². The Morgan fingerprint density at radius 2 is 1.81 bits per heavy atom. The van der Waals surface area contributed by atoms with E-state index in [1.54, 1.807) is 19.2 Å². The molecule has 3 aromatic rings. The van der Waals surface area contributed by atoms with Crippen molar-refractivity contribution in [2.24, 2.45) is 0 Å². The predicted octanol–water partition coefficient (Wildman–Crippen LogP) is 4.25. The summed E-state index contributed by atoms with van der Waals surface area (Å²) >= 11 is 0. The molecule has 0 amide bonds. The summed E-state index contributed by atoms with van der Waals surface area (Å²) in [6, 6.07) is 20.9. The van der Waals surface area contributed by atoms with Gasteiger partial charge in [-0.1, -0.05) is 48.5 Å². The van der Waals surface area contributed by atoms with E-state index in [4.69, 9.17) is 4.74 Å². The quantitative estimate of drug-likeness (QED) is 0.594. The van der Waals surface area contributed by atoms with E-state index >= 15 is 0 Å². The van der Waals surface area contributed by atoms with Crippen molar-refractivity contribution in [3.63, 3.8) is 0 Å². The first-order valence-electron chi connectivity index (χ1n) is 9.29. The molecule has 142 valence electrons. The highest BCUT2D eigenvalue weighted by molar-refractivity contribution is 5.83. The Kier molecular flexibility index (Phi) is 6.93. The van der Waals surface area contributed by atoms with Gasteiger partial charge >= 0.3 is 0 Å². The number of hydrogen-bond donors (Lipinski definition) is 2. The molecule has 2 N–H and O–H groups in total. The molecule has 0 aliphatic carbocycles. The van der Waals surface area contributed by atoms with Crippen LogP contribution in [0.3, 0.4) is 0 Å². The topological polar surface area (TPSA) is 41.5 Å². The van der Waals surface area contributed by atoms with Gasteiger partial charge in [0, 0.05) is 26.3 Å². The Hall–Kier alpha value is -2.27. The van der Waals surface area contributed by atoms with E-state index in [-0.39, 0.29) is 11.9 Å². The standard InChI is InChI=1S/C23H26FNO2/c1-27-12-11-22(14-17-5-4-8-21(24)13-17)25-16-23(26)20-10-9-18-6-2-3-7-19(18)15-20/h2-10,13,15,22-23,25-26H,11-12,14,16H2,1H3/t22-,23-/m0/s1. The van der Waals surface area contributed by atoms with E-state index in [0.717, 1.165) is 28.3 Å². The van der Waals surface area contributed by atoms with Gasteiger partial charge < -0.3 is 15.2 Å². The summed E-state index contributed by atoms with van der Waals surface area (Å²) < 4.78 is 18.6.